The van der Waals surface area contributed by atoms with Gasteiger partial charge in [-0.1, -0.05) is 0 Å². The Labute approximate surface area is 160 Å². The molecule has 0 aliphatic carbocycles. The van der Waals surface area contributed by atoms with Crippen LogP contribution in [0.15, 0.2) is 30.3 Å². The van der Waals surface area contributed by atoms with E-state index >= 15 is 0 Å². The molecule has 0 spiro atoms. The molecule has 0 saturated carbocycles. The summed E-state index contributed by atoms with van der Waals surface area (Å²) in [6.45, 7) is 1.77. The molecule has 0 atom stereocenters. The molecule has 5 nitrogen and oxygen atoms in total. The summed E-state index contributed by atoms with van der Waals surface area (Å²) in [5.41, 5.74) is 3.63. The first-order valence-electron chi connectivity index (χ1n) is 8.23. The summed E-state index contributed by atoms with van der Waals surface area (Å²) < 4.78 is 23.8. The van der Waals surface area contributed by atoms with Crippen LogP contribution in [0.25, 0.3) is 0 Å². The van der Waals surface area contributed by atoms with Crippen molar-refractivity contribution in [2.45, 2.75) is 13.0 Å². The van der Waals surface area contributed by atoms with Gasteiger partial charge in [-0.05, 0) is 35.9 Å². The van der Waals surface area contributed by atoms with Crippen LogP contribution in [-0.4, -0.2) is 45.8 Å². The van der Waals surface area contributed by atoms with E-state index in [1.807, 2.05) is 18.2 Å². The van der Waals surface area contributed by atoms with Gasteiger partial charge in [0, 0.05) is 17.5 Å². The van der Waals surface area contributed by atoms with Crippen molar-refractivity contribution < 1.29 is 35.9 Å². The molecule has 0 aromatic heterocycles. The Morgan fingerprint density at radius 3 is 2.08 bits per heavy atom. The number of hydrogen-bond donors (Lipinski definition) is 0. The van der Waals surface area contributed by atoms with E-state index in [1.54, 1.807) is 28.4 Å². The average molecular weight is 378 g/mol. The SMILES string of the molecule is COc1ccc(C[N+]2=Cc3cc(OC)c(OC)cc3CC2)cc1OC.[Cl-]. The molecule has 0 radical (unpaired) electrons. The molecular weight excluding hydrogens is 354 g/mol. The number of rotatable bonds is 6. The molecule has 2 aromatic carbocycles. The minimum atomic E-state index is 0. The van der Waals surface area contributed by atoms with Gasteiger partial charge in [0.1, 0.15) is 6.54 Å². The Hall–Kier alpha value is -2.40. The van der Waals surface area contributed by atoms with E-state index in [0.717, 1.165) is 42.5 Å². The lowest BCUT2D eigenvalue weighted by Gasteiger charge is -2.16. The molecule has 0 saturated heterocycles. The summed E-state index contributed by atoms with van der Waals surface area (Å²) in [5.74, 6) is 3.04. The third-order valence-corrected chi connectivity index (χ3v) is 4.47. The van der Waals surface area contributed by atoms with E-state index in [0.29, 0.717) is 0 Å². The van der Waals surface area contributed by atoms with Gasteiger partial charge in [0.05, 0.1) is 28.4 Å². The van der Waals surface area contributed by atoms with Gasteiger partial charge in [-0.15, -0.1) is 0 Å². The van der Waals surface area contributed by atoms with E-state index in [-0.39, 0.29) is 12.4 Å². The maximum absolute atomic E-state index is 5.42. The minimum absolute atomic E-state index is 0. The van der Waals surface area contributed by atoms with Gasteiger partial charge >= 0.3 is 0 Å². The molecule has 1 aliphatic heterocycles. The van der Waals surface area contributed by atoms with Crippen molar-refractivity contribution in [1.82, 2.24) is 0 Å². The van der Waals surface area contributed by atoms with Crippen LogP contribution < -0.4 is 31.4 Å². The first-order chi connectivity index (χ1) is 12.2. The lowest BCUT2D eigenvalue weighted by molar-refractivity contribution is -0.540. The largest absolute Gasteiger partial charge is 1.00 e. The van der Waals surface area contributed by atoms with Crippen LogP contribution in [0, 0.1) is 0 Å². The zero-order chi connectivity index (χ0) is 17.8. The van der Waals surface area contributed by atoms with Crippen molar-refractivity contribution in [3.63, 3.8) is 0 Å². The lowest BCUT2D eigenvalue weighted by Crippen LogP contribution is -3.00. The third-order valence-electron chi connectivity index (χ3n) is 4.47. The van der Waals surface area contributed by atoms with Crippen molar-refractivity contribution in [3.05, 3.63) is 47.0 Å². The van der Waals surface area contributed by atoms with Crippen LogP contribution in [0.4, 0.5) is 0 Å². The fourth-order valence-corrected chi connectivity index (χ4v) is 3.14. The van der Waals surface area contributed by atoms with Gasteiger partial charge in [0.15, 0.2) is 35.8 Å². The number of halogens is 1. The van der Waals surface area contributed by atoms with E-state index in [1.165, 1.54) is 16.7 Å². The zero-order valence-electron chi connectivity index (χ0n) is 15.5. The van der Waals surface area contributed by atoms with Gasteiger partial charge in [-0.3, -0.25) is 0 Å². The molecule has 3 rings (SSSR count). The number of benzene rings is 2. The number of ether oxygens (including phenoxy) is 4. The molecule has 0 N–H and O–H groups in total. The quantitative estimate of drug-likeness (QED) is 0.660. The Morgan fingerprint density at radius 2 is 1.42 bits per heavy atom. The maximum atomic E-state index is 5.42. The molecule has 2 aromatic rings. The molecule has 1 aliphatic rings. The van der Waals surface area contributed by atoms with E-state index in [4.69, 9.17) is 18.9 Å². The molecule has 0 bridgehead atoms. The molecule has 6 heteroatoms. The minimum Gasteiger partial charge on any atom is -1.00 e. The first-order valence-corrected chi connectivity index (χ1v) is 8.23. The normalized spacial score (nSPS) is 12.4. The van der Waals surface area contributed by atoms with E-state index in [9.17, 15) is 0 Å². The van der Waals surface area contributed by atoms with Crippen LogP contribution >= 0.6 is 0 Å². The van der Waals surface area contributed by atoms with E-state index in [2.05, 4.69) is 22.9 Å². The summed E-state index contributed by atoms with van der Waals surface area (Å²) in [6.07, 6.45) is 3.15. The van der Waals surface area contributed by atoms with Crippen molar-refractivity contribution in [1.29, 1.82) is 0 Å². The van der Waals surface area contributed by atoms with Gasteiger partial charge in [-0.2, -0.15) is 0 Å². The maximum Gasteiger partial charge on any atom is 0.171 e. The standard InChI is InChI=1S/C20H24NO4.ClH/c1-22-17-6-5-14(9-18(17)23-2)12-21-8-7-15-10-19(24-3)20(25-4)11-16(15)13-21;/h5-6,9-11,13H,7-8,12H2,1-4H3;1H/q+1;/p-1. The van der Waals surface area contributed by atoms with Gasteiger partial charge < -0.3 is 31.4 Å². The topological polar surface area (TPSA) is 39.9 Å². The Balaban J connectivity index is 0.00000243. The number of nitrogens with zero attached hydrogens (tertiary/aromatic N) is 1. The highest BCUT2D eigenvalue weighted by molar-refractivity contribution is 5.80. The van der Waals surface area contributed by atoms with Gasteiger partial charge in [0.25, 0.3) is 0 Å². The zero-order valence-corrected chi connectivity index (χ0v) is 16.3. The van der Waals surface area contributed by atoms with Crippen molar-refractivity contribution in [3.8, 4) is 23.0 Å². The highest BCUT2D eigenvalue weighted by atomic mass is 35.5. The van der Waals surface area contributed by atoms with Crippen molar-refractivity contribution in [2.75, 3.05) is 35.0 Å². The predicted octanol–water partition coefficient (Wildman–Crippen LogP) is -0.0873. The molecular formula is C20H24ClNO4. The summed E-state index contributed by atoms with van der Waals surface area (Å²) in [7, 11) is 6.63. The summed E-state index contributed by atoms with van der Waals surface area (Å²) in [4.78, 5) is 0. The van der Waals surface area contributed by atoms with Gasteiger partial charge in [-0.25, -0.2) is 4.58 Å². The van der Waals surface area contributed by atoms with Crippen LogP contribution in [0.2, 0.25) is 0 Å². The van der Waals surface area contributed by atoms with E-state index < -0.39 is 0 Å². The van der Waals surface area contributed by atoms with Crippen LogP contribution in [0.5, 0.6) is 23.0 Å². The Bertz CT molecular complexity index is 805. The number of fused-ring (bicyclic) bond motifs is 1. The second-order valence-electron chi connectivity index (χ2n) is 5.94. The fraction of sp³-hybridized carbons (Fsp3) is 0.350. The molecule has 26 heavy (non-hydrogen) atoms. The fourth-order valence-electron chi connectivity index (χ4n) is 3.14. The lowest BCUT2D eigenvalue weighted by atomic mass is 10.0. The molecule has 0 unspecified atom stereocenters. The smallest absolute Gasteiger partial charge is 0.171 e. The Kier molecular flexibility index (Phi) is 6.75. The van der Waals surface area contributed by atoms with Gasteiger partial charge in [0.2, 0.25) is 0 Å². The number of methoxy groups -OCH3 is 4. The highest BCUT2D eigenvalue weighted by Crippen LogP contribution is 2.32. The molecule has 0 amide bonds. The van der Waals surface area contributed by atoms with Crippen LogP contribution in [0.1, 0.15) is 16.7 Å². The second kappa shape index (κ2) is 8.81. The molecule has 1 heterocycles. The predicted molar refractivity (Wildman–Crippen MR) is 96.8 cm³/mol. The van der Waals surface area contributed by atoms with Crippen LogP contribution in [-0.2, 0) is 13.0 Å². The molecule has 0 fully saturated rings. The summed E-state index contributed by atoms with van der Waals surface area (Å²) in [6, 6.07) is 10.1. The van der Waals surface area contributed by atoms with Crippen LogP contribution in [0.3, 0.4) is 0 Å². The van der Waals surface area contributed by atoms with Crippen molar-refractivity contribution >= 4 is 6.21 Å². The first kappa shape index (κ1) is 19.9. The molecule has 140 valence electrons. The highest BCUT2D eigenvalue weighted by Gasteiger charge is 2.20. The second-order valence-corrected chi connectivity index (χ2v) is 5.94. The number of hydrogen-bond acceptors (Lipinski definition) is 4. The third kappa shape index (κ3) is 4.05. The average Bonchev–Trinajstić information content (AvgIpc) is 2.66. The summed E-state index contributed by atoms with van der Waals surface area (Å²) in [5, 5.41) is 0. The monoisotopic (exact) mass is 377 g/mol. The Morgan fingerprint density at radius 1 is 0.808 bits per heavy atom. The summed E-state index contributed by atoms with van der Waals surface area (Å²) >= 11 is 0. The van der Waals surface area contributed by atoms with Crippen molar-refractivity contribution in [2.24, 2.45) is 0 Å².